The number of rotatable bonds is 2. The molecule has 2 aromatic rings. The Hall–Kier alpha value is -1.17. The molecular formula is C14H15IN2O. The average molecular weight is 354 g/mol. The zero-order valence-electron chi connectivity index (χ0n) is 10.6. The third kappa shape index (κ3) is 2.63. The van der Waals surface area contributed by atoms with Gasteiger partial charge in [-0.05, 0) is 55.5 Å². The highest BCUT2D eigenvalue weighted by molar-refractivity contribution is 14.1. The molecule has 0 spiro atoms. The van der Waals surface area contributed by atoms with E-state index >= 15 is 0 Å². The van der Waals surface area contributed by atoms with E-state index in [-0.39, 0.29) is 5.54 Å². The van der Waals surface area contributed by atoms with E-state index in [1.807, 2.05) is 28.9 Å². The first-order chi connectivity index (χ1) is 8.41. The lowest BCUT2D eigenvalue weighted by molar-refractivity contribution is 0.112. The molecule has 2 rings (SSSR count). The molecular weight excluding hydrogens is 339 g/mol. The molecule has 3 nitrogen and oxygen atoms in total. The molecule has 0 amide bonds. The molecule has 18 heavy (non-hydrogen) atoms. The zero-order chi connectivity index (χ0) is 13.3. The molecule has 1 aromatic carbocycles. The van der Waals surface area contributed by atoms with Crippen LogP contribution in [0, 0.1) is 3.57 Å². The van der Waals surface area contributed by atoms with Crippen LogP contribution in [0.2, 0.25) is 0 Å². The maximum absolute atomic E-state index is 11.2. The van der Waals surface area contributed by atoms with E-state index in [4.69, 9.17) is 0 Å². The van der Waals surface area contributed by atoms with Crippen molar-refractivity contribution in [1.29, 1.82) is 0 Å². The van der Waals surface area contributed by atoms with E-state index in [0.717, 1.165) is 17.5 Å². The van der Waals surface area contributed by atoms with Crippen molar-refractivity contribution < 1.29 is 4.79 Å². The zero-order valence-corrected chi connectivity index (χ0v) is 12.8. The molecule has 94 valence electrons. The summed E-state index contributed by atoms with van der Waals surface area (Å²) in [6, 6.07) is 8.01. The normalized spacial score (nSPS) is 11.6. The lowest BCUT2D eigenvalue weighted by atomic mass is 10.1. The Kier molecular flexibility index (Phi) is 3.56. The number of carbonyl (C=O) groups excluding carboxylic acids is 1. The Morgan fingerprint density at radius 3 is 2.33 bits per heavy atom. The van der Waals surface area contributed by atoms with E-state index < -0.39 is 0 Å². The highest BCUT2D eigenvalue weighted by Gasteiger charge is 2.18. The van der Waals surface area contributed by atoms with Gasteiger partial charge in [0, 0.05) is 15.3 Å². The van der Waals surface area contributed by atoms with Crippen LogP contribution in [0.3, 0.4) is 0 Å². The van der Waals surface area contributed by atoms with Crippen LogP contribution in [0.15, 0.2) is 30.5 Å². The van der Waals surface area contributed by atoms with Gasteiger partial charge < -0.3 is 0 Å². The fourth-order valence-corrected chi connectivity index (χ4v) is 2.01. The number of halogens is 1. The second kappa shape index (κ2) is 4.84. The smallest absolute Gasteiger partial charge is 0.153 e. The van der Waals surface area contributed by atoms with Crippen LogP contribution < -0.4 is 0 Å². The summed E-state index contributed by atoms with van der Waals surface area (Å²) in [4.78, 5) is 11.2. The van der Waals surface area contributed by atoms with Gasteiger partial charge in [0.25, 0.3) is 0 Å². The van der Waals surface area contributed by atoms with Gasteiger partial charge in [0.15, 0.2) is 6.29 Å². The van der Waals surface area contributed by atoms with Gasteiger partial charge in [-0.25, -0.2) is 0 Å². The standard InChI is InChI=1S/C14H15IN2O/c1-14(2,3)17-8-11(9-18)13(16-17)10-4-6-12(15)7-5-10/h4-9H,1-3H3. The first kappa shape index (κ1) is 13.3. The summed E-state index contributed by atoms with van der Waals surface area (Å²) in [7, 11) is 0. The Bertz CT molecular complexity index is 564. The molecule has 0 radical (unpaired) electrons. The van der Waals surface area contributed by atoms with Gasteiger partial charge in [0.05, 0.1) is 11.1 Å². The Labute approximate surface area is 120 Å². The summed E-state index contributed by atoms with van der Waals surface area (Å²) in [6.07, 6.45) is 2.67. The number of carbonyl (C=O) groups is 1. The van der Waals surface area contributed by atoms with Gasteiger partial charge in [-0.15, -0.1) is 0 Å². The van der Waals surface area contributed by atoms with Crippen LogP contribution >= 0.6 is 22.6 Å². The molecule has 0 unspecified atom stereocenters. The summed E-state index contributed by atoms with van der Waals surface area (Å²) < 4.78 is 3.00. The largest absolute Gasteiger partial charge is 0.298 e. The van der Waals surface area contributed by atoms with Crippen molar-refractivity contribution in [3.8, 4) is 11.3 Å². The first-order valence-corrected chi connectivity index (χ1v) is 6.81. The van der Waals surface area contributed by atoms with Crippen LogP contribution in [0.1, 0.15) is 31.1 Å². The third-order valence-corrected chi connectivity index (χ3v) is 3.39. The molecule has 0 atom stereocenters. The number of hydrogen-bond donors (Lipinski definition) is 0. The second-order valence-corrected chi connectivity index (χ2v) is 6.42. The van der Waals surface area contributed by atoms with Gasteiger partial charge in [0.1, 0.15) is 5.69 Å². The van der Waals surface area contributed by atoms with Crippen molar-refractivity contribution in [1.82, 2.24) is 9.78 Å². The Morgan fingerprint density at radius 1 is 1.22 bits per heavy atom. The number of hydrogen-bond acceptors (Lipinski definition) is 2. The molecule has 1 heterocycles. The summed E-state index contributed by atoms with van der Waals surface area (Å²) in [5.74, 6) is 0. The van der Waals surface area contributed by atoms with E-state index in [1.54, 1.807) is 6.20 Å². The van der Waals surface area contributed by atoms with Gasteiger partial charge in [-0.1, -0.05) is 12.1 Å². The summed E-state index contributed by atoms with van der Waals surface area (Å²) in [5.41, 5.74) is 2.22. The van der Waals surface area contributed by atoms with Gasteiger partial charge in [0.2, 0.25) is 0 Å². The molecule has 4 heteroatoms. The first-order valence-electron chi connectivity index (χ1n) is 5.73. The van der Waals surface area contributed by atoms with Crippen molar-refractivity contribution in [2.45, 2.75) is 26.3 Å². The van der Waals surface area contributed by atoms with Crippen molar-refractivity contribution >= 4 is 28.9 Å². The fourth-order valence-electron chi connectivity index (χ4n) is 1.65. The predicted molar refractivity (Wildman–Crippen MR) is 80.8 cm³/mol. The van der Waals surface area contributed by atoms with Crippen LogP contribution in [-0.4, -0.2) is 16.1 Å². The molecule has 0 saturated heterocycles. The van der Waals surface area contributed by atoms with Gasteiger partial charge >= 0.3 is 0 Å². The minimum absolute atomic E-state index is 0.126. The molecule has 0 bridgehead atoms. The minimum atomic E-state index is -0.126. The highest BCUT2D eigenvalue weighted by atomic mass is 127. The lowest BCUT2D eigenvalue weighted by Gasteiger charge is -2.18. The van der Waals surface area contributed by atoms with Crippen molar-refractivity contribution in [3.63, 3.8) is 0 Å². The summed E-state index contributed by atoms with van der Waals surface area (Å²) in [6.45, 7) is 6.19. The quantitative estimate of drug-likeness (QED) is 0.609. The maximum Gasteiger partial charge on any atom is 0.153 e. The highest BCUT2D eigenvalue weighted by Crippen LogP contribution is 2.24. The maximum atomic E-state index is 11.2. The van der Waals surface area contributed by atoms with E-state index in [9.17, 15) is 4.79 Å². The fraction of sp³-hybridized carbons (Fsp3) is 0.286. The van der Waals surface area contributed by atoms with Crippen LogP contribution in [-0.2, 0) is 5.54 Å². The summed E-state index contributed by atoms with van der Waals surface area (Å²) in [5, 5.41) is 4.54. The van der Waals surface area contributed by atoms with E-state index in [0.29, 0.717) is 5.56 Å². The molecule has 0 N–H and O–H groups in total. The lowest BCUT2D eigenvalue weighted by Crippen LogP contribution is -2.22. The molecule has 0 aliphatic rings. The van der Waals surface area contributed by atoms with Crippen molar-refractivity contribution in [3.05, 3.63) is 39.6 Å². The molecule has 0 aliphatic carbocycles. The van der Waals surface area contributed by atoms with E-state index in [1.165, 1.54) is 3.57 Å². The molecule has 1 aromatic heterocycles. The van der Waals surface area contributed by atoms with Crippen molar-refractivity contribution in [2.24, 2.45) is 0 Å². The summed E-state index contributed by atoms with van der Waals surface area (Å²) >= 11 is 2.26. The average Bonchev–Trinajstić information content (AvgIpc) is 2.73. The topological polar surface area (TPSA) is 34.9 Å². The number of benzene rings is 1. The van der Waals surface area contributed by atoms with Crippen LogP contribution in [0.4, 0.5) is 0 Å². The third-order valence-electron chi connectivity index (χ3n) is 2.67. The number of aromatic nitrogens is 2. The van der Waals surface area contributed by atoms with Crippen LogP contribution in [0.25, 0.3) is 11.3 Å². The number of aldehydes is 1. The van der Waals surface area contributed by atoms with Gasteiger partial charge in [-0.2, -0.15) is 5.10 Å². The second-order valence-electron chi connectivity index (χ2n) is 5.17. The SMILES string of the molecule is CC(C)(C)n1cc(C=O)c(-c2ccc(I)cc2)n1. The molecule has 0 fully saturated rings. The van der Waals surface area contributed by atoms with Gasteiger partial charge in [-0.3, -0.25) is 9.48 Å². The van der Waals surface area contributed by atoms with E-state index in [2.05, 4.69) is 48.5 Å². The Morgan fingerprint density at radius 2 is 1.83 bits per heavy atom. The minimum Gasteiger partial charge on any atom is -0.298 e. The van der Waals surface area contributed by atoms with Crippen LogP contribution in [0.5, 0.6) is 0 Å². The molecule has 0 saturated carbocycles. The number of nitrogens with zero attached hydrogens (tertiary/aromatic N) is 2. The van der Waals surface area contributed by atoms with Crippen molar-refractivity contribution in [2.75, 3.05) is 0 Å². The monoisotopic (exact) mass is 354 g/mol. The predicted octanol–water partition coefficient (Wildman–Crippen LogP) is 3.72. The Balaban J connectivity index is 2.53. The molecule has 0 aliphatic heterocycles.